The van der Waals surface area contributed by atoms with Gasteiger partial charge in [-0.05, 0) is 44.4 Å². The van der Waals surface area contributed by atoms with E-state index in [4.69, 9.17) is 4.74 Å². The highest BCUT2D eigenvalue weighted by Crippen LogP contribution is 2.49. The van der Waals surface area contributed by atoms with Gasteiger partial charge in [0.25, 0.3) is 0 Å². The van der Waals surface area contributed by atoms with Crippen LogP contribution in [-0.4, -0.2) is 30.3 Å². The average molecular weight is 278 g/mol. The summed E-state index contributed by atoms with van der Waals surface area (Å²) in [7, 11) is 0. The lowest BCUT2D eigenvalue weighted by Crippen LogP contribution is -2.44. The van der Waals surface area contributed by atoms with Gasteiger partial charge in [0, 0.05) is 35.7 Å². The summed E-state index contributed by atoms with van der Waals surface area (Å²) in [5.74, 6) is 0.830. The molecule has 0 bridgehead atoms. The zero-order chi connectivity index (χ0) is 12.7. The van der Waals surface area contributed by atoms with Crippen LogP contribution in [0.5, 0.6) is 0 Å². The fraction of sp³-hybridized carbons (Fsp3) is 0.800. The van der Waals surface area contributed by atoms with Crippen molar-refractivity contribution in [2.45, 2.75) is 50.7 Å². The maximum Gasteiger partial charge on any atom is 0.0794 e. The third kappa shape index (κ3) is 2.58. The zero-order valence-corrected chi connectivity index (χ0v) is 12.1. The van der Waals surface area contributed by atoms with Crippen LogP contribution < -0.4 is 5.32 Å². The maximum atomic E-state index is 6.14. The van der Waals surface area contributed by atoms with Gasteiger partial charge < -0.3 is 10.1 Å². The highest BCUT2D eigenvalue weighted by Gasteiger charge is 2.51. The van der Waals surface area contributed by atoms with E-state index in [1.807, 2.05) is 11.7 Å². The smallest absolute Gasteiger partial charge is 0.0794 e. The first-order valence-electron chi connectivity index (χ1n) is 7.58. The largest absolute Gasteiger partial charge is 0.377 e. The molecule has 1 aromatic rings. The Balaban J connectivity index is 1.53. The Hall–Kier alpha value is -0.450. The zero-order valence-electron chi connectivity index (χ0n) is 11.3. The monoisotopic (exact) mass is 278 g/mol. The van der Waals surface area contributed by atoms with Crippen LogP contribution >= 0.6 is 11.3 Å². The van der Waals surface area contributed by atoms with Gasteiger partial charge in [-0.2, -0.15) is 0 Å². The van der Waals surface area contributed by atoms with Crippen molar-refractivity contribution in [2.75, 3.05) is 13.2 Å². The highest BCUT2D eigenvalue weighted by atomic mass is 32.1. The van der Waals surface area contributed by atoms with E-state index in [9.17, 15) is 0 Å². The molecule has 2 aliphatic carbocycles. The lowest BCUT2D eigenvalue weighted by atomic mass is 9.75. The minimum Gasteiger partial charge on any atom is -0.377 e. The van der Waals surface area contributed by atoms with E-state index in [1.165, 1.54) is 37.0 Å². The van der Waals surface area contributed by atoms with Gasteiger partial charge in [-0.1, -0.05) is 0 Å². The molecule has 2 heterocycles. The summed E-state index contributed by atoms with van der Waals surface area (Å²) < 4.78 is 6.14. The van der Waals surface area contributed by atoms with Crippen molar-refractivity contribution in [1.82, 2.24) is 10.3 Å². The van der Waals surface area contributed by atoms with Crippen LogP contribution in [0, 0.1) is 11.3 Å². The van der Waals surface area contributed by atoms with E-state index in [-0.39, 0.29) is 0 Å². The van der Waals surface area contributed by atoms with Gasteiger partial charge in [0.1, 0.15) is 0 Å². The second kappa shape index (κ2) is 4.83. The van der Waals surface area contributed by atoms with Gasteiger partial charge in [0.05, 0.1) is 11.6 Å². The van der Waals surface area contributed by atoms with E-state index in [0.717, 1.165) is 31.5 Å². The second-order valence-corrected chi connectivity index (χ2v) is 7.51. The molecule has 1 aliphatic heterocycles. The van der Waals surface area contributed by atoms with Crippen molar-refractivity contribution >= 4 is 11.3 Å². The predicted molar refractivity (Wildman–Crippen MR) is 76.4 cm³/mol. The second-order valence-electron chi connectivity index (χ2n) is 6.54. The van der Waals surface area contributed by atoms with Crippen LogP contribution in [0.25, 0.3) is 0 Å². The van der Waals surface area contributed by atoms with Crippen molar-refractivity contribution in [2.24, 2.45) is 11.3 Å². The molecular weight excluding hydrogens is 256 g/mol. The minimum atomic E-state index is 0.330. The Bertz CT molecular complexity index is 427. The van der Waals surface area contributed by atoms with Gasteiger partial charge in [0.2, 0.25) is 0 Å². The molecule has 2 unspecified atom stereocenters. The minimum absolute atomic E-state index is 0.330. The standard InChI is InChI=1S/C15H22N2OS/c1-2-11(1)14-15(5-6-18-14,9-17-12-3-4-12)7-13-8-16-10-19-13/h8,10-12,14,17H,1-7,9H2. The van der Waals surface area contributed by atoms with Crippen molar-refractivity contribution < 1.29 is 4.74 Å². The molecule has 19 heavy (non-hydrogen) atoms. The number of nitrogens with zero attached hydrogens (tertiary/aromatic N) is 1. The van der Waals surface area contributed by atoms with Gasteiger partial charge in [0.15, 0.2) is 0 Å². The normalized spacial score (nSPS) is 34.8. The fourth-order valence-electron chi connectivity index (χ4n) is 3.50. The number of thiazole rings is 1. The summed E-state index contributed by atoms with van der Waals surface area (Å²) in [6, 6.07) is 0.791. The fourth-order valence-corrected chi connectivity index (χ4v) is 4.24. The first-order valence-corrected chi connectivity index (χ1v) is 8.46. The van der Waals surface area contributed by atoms with E-state index in [2.05, 4.69) is 10.3 Å². The molecule has 0 amide bonds. The van der Waals surface area contributed by atoms with Crippen LogP contribution in [0.3, 0.4) is 0 Å². The lowest BCUT2D eigenvalue weighted by Gasteiger charge is -2.34. The molecule has 1 aromatic heterocycles. The SMILES string of the molecule is c1ncc(CC2(CNC3CC3)CCOC2C2CC2)s1. The summed E-state index contributed by atoms with van der Waals surface area (Å²) in [5.41, 5.74) is 2.29. The van der Waals surface area contributed by atoms with Gasteiger partial charge in [-0.3, -0.25) is 4.98 Å². The Morgan fingerprint density at radius 1 is 1.37 bits per heavy atom. The number of ether oxygens (including phenoxy) is 1. The van der Waals surface area contributed by atoms with Crippen LogP contribution in [-0.2, 0) is 11.2 Å². The lowest BCUT2D eigenvalue weighted by molar-refractivity contribution is 0.0308. The van der Waals surface area contributed by atoms with Crippen molar-refractivity contribution in [3.63, 3.8) is 0 Å². The third-order valence-corrected chi connectivity index (χ3v) is 5.66. The first kappa shape index (κ1) is 12.3. The van der Waals surface area contributed by atoms with Crippen LogP contribution in [0.1, 0.15) is 37.0 Å². The topological polar surface area (TPSA) is 34.2 Å². The summed E-state index contributed by atoms with van der Waals surface area (Å²) in [6.45, 7) is 2.09. The number of hydrogen-bond acceptors (Lipinski definition) is 4. The molecule has 1 N–H and O–H groups in total. The average Bonchev–Trinajstić information content (AvgIpc) is 3.34. The van der Waals surface area contributed by atoms with E-state index >= 15 is 0 Å². The molecule has 1 saturated heterocycles. The molecule has 2 atom stereocenters. The molecule has 4 rings (SSSR count). The number of rotatable bonds is 6. The molecule has 3 aliphatic rings. The van der Waals surface area contributed by atoms with Crippen molar-refractivity contribution in [3.8, 4) is 0 Å². The Morgan fingerprint density at radius 2 is 2.26 bits per heavy atom. The summed E-state index contributed by atoms with van der Waals surface area (Å²) in [6.07, 6.45) is 10.4. The van der Waals surface area contributed by atoms with Crippen LogP contribution in [0.2, 0.25) is 0 Å². The van der Waals surface area contributed by atoms with E-state index in [0.29, 0.717) is 11.5 Å². The molecule has 3 fully saturated rings. The van der Waals surface area contributed by atoms with E-state index < -0.39 is 0 Å². The molecule has 2 saturated carbocycles. The number of aromatic nitrogens is 1. The third-order valence-electron chi connectivity index (χ3n) is 4.88. The Labute approximate surface area is 118 Å². The predicted octanol–water partition coefficient (Wildman–Crippen LogP) is 2.62. The molecule has 104 valence electrons. The quantitative estimate of drug-likeness (QED) is 0.868. The highest BCUT2D eigenvalue weighted by molar-refractivity contribution is 7.09. The molecule has 0 aromatic carbocycles. The molecule has 3 nitrogen and oxygen atoms in total. The molecule has 4 heteroatoms. The Kier molecular flexibility index (Phi) is 3.13. The van der Waals surface area contributed by atoms with Gasteiger partial charge in [-0.25, -0.2) is 0 Å². The summed E-state index contributed by atoms with van der Waals surface area (Å²) in [4.78, 5) is 5.67. The summed E-state index contributed by atoms with van der Waals surface area (Å²) in [5, 5.41) is 3.77. The number of nitrogens with one attached hydrogen (secondary N) is 1. The molecule has 0 spiro atoms. The molecular formula is C15H22N2OS. The van der Waals surface area contributed by atoms with Crippen LogP contribution in [0.15, 0.2) is 11.7 Å². The van der Waals surface area contributed by atoms with Gasteiger partial charge in [-0.15, -0.1) is 11.3 Å². The summed E-state index contributed by atoms with van der Waals surface area (Å²) >= 11 is 1.80. The van der Waals surface area contributed by atoms with Crippen LogP contribution in [0.4, 0.5) is 0 Å². The number of hydrogen-bond donors (Lipinski definition) is 1. The molecule has 0 radical (unpaired) electrons. The van der Waals surface area contributed by atoms with Gasteiger partial charge >= 0.3 is 0 Å². The Morgan fingerprint density at radius 3 is 2.95 bits per heavy atom. The maximum absolute atomic E-state index is 6.14. The van der Waals surface area contributed by atoms with Crippen molar-refractivity contribution in [3.05, 3.63) is 16.6 Å². The van der Waals surface area contributed by atoms with Crippen molar-refractivity contribution in [1.29, 1.82) is 0 Å². The first-order chi connectivity index (χ1) is 9.36. The van der Waals surface area contributed by atoms with E-state index in [1.54, 1.807) is 11.3 Å².